The van der Waals surface area contributed by atoms with Gasteiger partial charge in [-0.2, -0.15) is 0 Å². The van der Waals surface area contributed by atoms with Crippen LogP contribution in [0, 0.1) is 12.8 Å². The summed E-state index contributed by atoms with van der Waals surface area (Å²) in [5.74, 6) is -0.174. The number of aliphatic hydroxyl groups excluding tert-OH is 1. The van der Waals surface area contributed by atoms with Crippen molar-refractivity contribution in [3.05, 3.63) is 70.3 Å². The van der Waals surface area contributed by atoms with Crippen LogP contribution in [0.25, 0.3) is 0 Å². The number of nitrogens with one attached hydrogen (secondary N) is 1. The lowest BCUT2D eigenvalue weighted by Gasteiger charge is -2.31. The van der Waals surface area contributed by atoms with E-state index < -0.39 is 12.1 Å². The van der Waals surface area contributed by atoms with E-state index in [4.69, 9.17) is 9.84 Å². The second-order valence-electron chi connectivity index (χ2n) is 10.2. The van der Waals surface area contributed by atoms with Crippen LogP contribution < -0.4 is 5.32 Å². The Hall–Kier alpha value is -2.21. The fraction of sp³-hybridized carbons (Fsp3) is 0.536. The van der Waals surface area contributed by atoms with Gasteiger partial charge in [0.05, 0.1) is 18.8 Å². The average molecular weight is 454 g/mol. The van der Waals surface area contributed by atoms with E-state index in [1.807, 2.05) is 32.0 Å². The molecule has 0 saturated heterocycles. The predicted octanol–water partition coefficient (Wildman–Crippen LogP) is 4.62. The zero-order valence-electron chi connectivity index (χ0n) is 20.4. The molecule has 1 aliphatic rings. The quantitative estimate of drug-likeness (QED) is 0.437. The maximum absolute atomic E-state index is 11.0. The Labute approximate surface area is 198 Å². The number of hydrogen-bond donors (Lipinski definition) is 3. The summed E-state index contributed by atoms with van der Waals surface area (Å²) in [6.45, 7) is 9.06. The fourth-order valence-corrected chi connectivity index (χ4v) is 5.07. The highest BCUT2D eigenvalue weighted by molar-refractivity contribution is 5.67. The van der Waals surface area contributed by atoms with Crippen LogP contribution in [0.4, 0.5) is 0 Å². The molecular weight excluding hydrogens is 414 g/mol. The van der Waals surface area contributed by atoms with Gasteiger partial charge in [-0.3, -0.25) is 4.79 Å². The van der Waals surface area contributed by atoms with Gasteiger partial charge >= 0.3 is 5.97 Å². The van der Waals surface area contributed by atoms with Crippen molar-refractivity contribution in [2.75, 3.05) is 13.2 Å². The van der Waals surface area contributed by atoms with Crippen LogP contribution in [-0.4, -0.2) is 41.0 Å². The third-order valence-electron chi connectivity index (χ3n) is 6.76. The number of carbonyl (C=O) groups is 1. The van der Waals surface area contributed by atoms with Crippen molar-refractivity contribution in [2.45, 2.75) is 77.5 Å². The molecule has 2 aromatic carbocycles. The van der Waals surface area contributed by atoms with Crippen LogP contribution in [0.2, 0.25) is 0 Å². The Morgan fingerprint density at radius 2 is 1.82 bits per heavy atom. The molecule has 0 unspecified atom stereocenters. The molecule has 33 heavy (non-hydrogen) atoms. The molecule has 0 spiro atoms. The van der Waals surface area contributed by atoms with E-state index in [0.29, 0.717) is 18.9 Å². The predicted molar refractivity (Wildman–Crippen MR) is 132 cm³/mol. The highest BCUT2D eigenvalue weighted by Gasteiger charge is 2.28. The topological polar surface area (TPSA) is 78.8 Å². The first kappa shape index (κ1) is 25.4. The van der Waals surface area contributed by atoms with Gasteiger partial charge in [-0.05, 0) is 87.1 Å². The number of fused-ring (bicyclic) bond motifs is 1. The summed E-state index contributed by atoms with van der Waals surface area (Å²) in [6, 6.07) is 14.7. The Morgan fingerprint density at radius 3 is 2.45 bits per heavy atom. The molecule has 5 nitrogen and oxygen atoms in total. The number of rotatable bonds is 12. The Morgan fingerprint density at radius 1 is 1.15 bits per heavy atom. The minimum atomic E-state index is -0.802. The molecule has 0 aromatic heterocycles. The number of hydrogen-bond acceptors (Lipinski definition) is 4. The average Bonchev–Trinajstić information content (AvgIpc) is 3.16. The summed E-state index contributed by atoms with van der Waals surface area (Å²) in [5, 5.41) is 23.1. The third kappa shape index (κ3) is 7.39. The number of carboxylic acids is 1. The number of aliphatic hydroxyl groups is 1. The first-order chi connectivity index (χ1) is 15.6. The Balaban J connectivity index is 1.46. The zero-order valence-corrected chi connectivity index (χ0v) is 20.4. The molecule has 2 aromatic rings. The van der Waals surface area contributed by atoms with E-state index in [1.54, 1.807) is 0 Å². The van der Waals surface area contributed by atoms with Crippen LogP contribution >= 0.6 is 0 Å². The second kappa shape index (κ2) is 11.3. The molecule has 0 heterocycles. The van der Waals surface area contributed by atoms with Crippen molar-refractivity contribution < 1.29 is 19.7 Å². The van der Waals surface area contributed by atoms with Crippen molar-refractivity contribution >= 4 is 5.97 Å². The summed E-state index contributed by atoms with van der Waals surface area (Å²) in [7, 11) is 0. The number of aryl methyl sites for hydroxylation is 1. The van der Waals surface area contributed by atoms with E-state index in [9.17, 15) is 9.90 Å². The van der Waals surface area contributed by atoms with Crippen molar-refractivity contribution in [1.82, 2.24) is 5.32 Å². The molecular formula is C28H39NO4. The van der Waals surface area contributed by atoms with Crippen molar-refractivity contribution in [2.24, 2.45) is 5.92 Å². The van der Waals surface area contributed by atoms with Gasteiger partial charge < -0.3 is 20.3 Å². The van der Waals surface area contributed by atoms with E-state index >= 15 is 0 Å². The highest BCUT2D eigenvalue weighted by Crippen LogP contribution is 2.32. The second-order valence-corrected chi connectivity index (χ2v) is 10.2. The molecule has 0 radical (unpaired) electrons. The largest absolute Gasteiger partial charge is 0.481 e. The molecule has 3 N–H and O–H groups in total. The molecule has 3 rings (SSSR count). The number of aliphatic carboxylic acids is 1. The SMILES string of the molecule is Cc1cccc([C@@H](C)OC[C@H](O)CNC(C)(C)CC2Cc3ccccc3C2)c1CCC(=O)O. The number of β-amino-alcohol motifs (C(OH)–C–C–N with tert-alkyl or cyclic N) is 1. The summed E-state index contributed by atoms with van der Waals surface area (Å²) >= 11 is 0. The molecule has 5 heteroatoms. The smallest absolute Gasteiger partial charge is 0.303 e. The van der Waals surface area contributed by atoms with Crippen LogP contribution in [0.3, 0.4) is 0 Å². The molecule has 2 atom stereocenters. The fourth-order valence-electron chi connectivity index (χ4n) is 5.07. The summed E-state index contributed by atoms with van der Waals surface area (Å²) < 4.78 is 6.00. The lowest BCUT2D eigenvalue weighted by Crippen LogP contribution is -2.45. The molecule has 0 amide bonds. The Kier molecular flexibility index (Phi) is 8.69. The van der Waals surface area contributed by atoms with Gasteiger partial charge in [0.15, 0.2) is 0 Å². The van der Waals surface area contributed by atoms with E-state index in [2.05, 4.69) is 43.4 Å². The lowest BCUT2D eigenvalue weighted by atomic mass is 9.88. The number of carboxylic acid groups (broad SMARTS) is 1. The van der Waals surface area contributed by atoms with Gasteiger partial charge in [-0.1, -0.05) is 42.5 Å². The maximum atomic E-state index is 11.0. The number of ether oxygens (including phenoxy) is 1. The molecule has 1 aliphatic carbocycles. The van der Waals surface area contributed by atoms with E-state index in [-0.39, 0.29) is 24.7 Å². The summed E-state index contributed by atoms with van der Waals surface area (Å²) in [5.41, 5.74) is 5.97. The lowest BCUT2D eigenvalue weighted by molar-refractivity contribution is -0.136. The maximum Gasteiger partial charge on any atom is 0.303 e. The minimum absolute atomic E-state index is 0.0696. The minimum Gasteiger partial charge on any atom is -0.481 e. The first-order valence-corrected chi connectivity index (χ1v) is 12.1. The molecule has 0 saturated carbocycles. The number of benzene rings is 2. The van der Waals surface area contributed by atoms with Crippen molar-refractivity contribution in [3.63, 3.8) is 0 Å². The first-order valence-electron chi connectivity index (χ1n) is 12.1. The van der Waals surface area contributed by atoms with Crippen molar-refractivity contribution in [3.8, 4) is 0 Å². The normalized spacial score (nSPS) is 15.9. The summed E-state index contributed by atoms with van der Waals surface area (Å²) in [4.78, 5) is 11.0. The van der Waals surface area contributed by atoms with Gasteiger partial charge in [-0.15, -0.1) is 0 Å². The van der Waals surface area contributed by atoms with Gasteiger partial charge in [-0.25, -0.2) is 0 Å². The summed E-state index contributed by atoms with van der Waals surface area (Å²) in [6.07, 6.45) is 3.07. The van der Waals surface area contributed by atoms with Crippen LogP contribution in [0.1, 0.15) is 67.5 Å². The van der Waals surface area contributed by atoms with Crippen molar-refractivity contribution in [1.29, 1.82) is 0 Å². The van der Waals surface area contributed by atoms with Gasteiger partial charge in [0.25, 0.3) is 0 Å². The Bertz CT molecular complexity index is 914. The molecule has 0 fully saturated rings. The molecule has 0 aliphatic heterocycles. The van der Waals surface area contributed by atoms with Crippen LogP contribution in [0.5, 0.6) is 0 Å². The van der Waals surface area contributed by atoms with E-state index in [0.717, 1.165) is 36.0 Å². The van der Waals surface area contributed by atoms with E-state index in [1.165, 1.54) is 11.1 Å². The molecule has 180 valence electrons. The van der Waals surface area contributed by atoms with Gasteiger partial charge in [0, 0.05) is 18.5 Å². The highest BCUT2D eigenvalue weighted by atomic mass is 16.5. The molecule has 0 bridgehead atoms. The van der Waals surface area contributed by atoms with Crippen LogP contribution in [-0.2, 0) is 28.8 Å². The standard InChI is InChI=1S/C28H39NO4/c1-19-8-7-11-26(25(19)12-13-27(31)32)20(2)33-18-24(30)17-29-28(3,4)16-21-14-22-9-5-6-10-23(22)15-21/h5-11,20-21,24,29-30H,12-18H2,1-4H3,(H,31,32)/t20-,24-/m1/s1. The van der Waals surface area contributed by atoms with Gasteiger partial charge in [0.2, 0.25) is 0 Å². The van der Waals surface area contributed by atoms with Gasteiger partial charge in [0.1, 0.15) is 0 Å². The zero-order chi connectivity index (χ0) is 24.0. The monoisotopic (exact) mass is 453 g/mol. The van der Waals surface area contributed by atoms with Crippen LogP contribution in [0.15, 0.2) is 42.5 Å². The third-order valence-corrected chi connectivity index (χ3v) is 6.76.